The number of fused-ring (bicyclic) bond motifs is 3. The molecule has 0 bridgehead atoms. The number of anilines is 1. The summed E-state index contributed by atoms with van der Waals surface area (Å²) in [6.45, 7) is 3.43. The number of nitrogens with one attached hydrogen (secondary N) is 2. The summed E-state index contributed by atoms with van der Waals surface area (Å²) >= 11 is 0. The molecule has 10 nitrogen and oxygen atoms in total. The van der Waals surface area contributed by atoms with Crippen molar-refractivity contribution in [3.8, 4) is 11.3 Å². The molecular weight excluding hydrogens is 516 g/mol. The first kappa shape index (κ1) is 27.1. The van der Waals surface area contributed by atoms with E-state index >= 15 is 0 Å². The molecule has 0 unspecified atom stereocenters. The summed E-state index contributed by atoms with van der Waals surface area (Å²) in [5, 5.41) is 16.4. The molecule has 1 aromatic carbocycles. The van der Waals surface area contributed by atoms with Crippen LogP contribution in [0.4, 0.5) is 5.95 Å². The van der Waals surface area contributed by atoms with Crippen molar-refractivity contribution in [2.45, 2.75) is 64.0 Å². The number of unbranched alkanes of at least 4 members (excludes halogenated alkanes) is 1. The molecule has 41 heavy (non-hydrogen) atoms. The zero-order valence-electron chi connectivity index (χ0n) is 23.5. The first-order valence-corrected chi connectivity index (χ1v) is 14.9. The van der Waals surface area contributed by atoms with Gasteiger partial charge < -0.3 is 15.1 Å². The molecule has 1 saturated heterocycles. The van der Waals surface area contributed by atoms with E-state index in [0.29, 0.717) is 43.9 Å². The van der Waals surface area contributed by atoms with Crippen LogP contribution in [-0.4, -0.2) is 68.7 Å². The molecule has 214 valence electrons. The number of amides is 2. The van der Waals surface area contributed by atoms with Crippen molar-refractivity contribution in [1.29, 1.82) is 5.41 Å². The fraction of sp³-hybridized carbons (Fsp3) is 0.484. The highest BCUT2D eigenvalue weighted by Crippen LogP contribution is 2.31. The molecule has 2 fully saturated rings. The third-order valence-corrected chi connectivity index (χ3v) is 8.65. The summed E-state index contributed by atoms with van der Waals surface area (Å²) in [5.41, 5.74) is 5.02. The number of hydrogen-bond acceptors (Lipinski definition) is 7. The van der Waals surface area contributed by atoms with E-state index in [1.165, 1.54) is 11.1 Å². The van der Waals surface area contributed by atoms with Crippen LogP contribution < -0.4 is 15.7 Å². The van der Waals surface area contributed by atoms with Crippen LogP contribution in [0.15, 0.2) is 48.8 Å². The molecular formula is C31H38N8O2. The smallest absolute Gasteiger partial charge is 0.225 e. The van der Waals surface area contributed by atoms with E-state index in [0.717, 1.165) is 62.9 Å². The molecule has 2 amide bonds. The summed E-state index contributed by atoms with van der Waals surface area (Å²) in [7, 11) is 0. The van der Waals surface area contributed by atoms with Crippen molar-refractivity contribution in [1.82, 2.24) is 30.0 Å². The molecule has 1 saturated carbocycles. The molecule has 3 aromatic rings. The molecule has 3 heterocycles. The summed E-state index contributed by atoms with van der Waals surface area (Å²) in [6.07, 6.45) is 9.73. The van der Waals surface area contributed by atoms with Gasteiger partial charge >= 0.3 is 0 Å². The van der Waals surface area contributed by atoms with Crippen LogP contribution in [0.25, 0.3) is 11.3 Å². The van der Waals surface area contributed by atoms with Gasteiger partial charge in [0.1, 0.15) is 5.49 Å². The normalized spacial score (nSPS) is 19.9. The lowest BCUT2D eigenvalue weighted by Gasteiger charge is -2.35. The lowest BCUT2D eigenvalue weighted by molar-refractivity contribution is -0.135. The van der Waals surface area contributed by atoms with Crippen LogP contribution >= 0.6 is 0 Å². The van der Waals surface area contributed by atoms with Crippen molar-refractivity contribution in [2.75, 3.05) is 31.1 Å². The summed E-state index contributed by atoms with van der Waals surface area (Å²) < 4.78 is 1.76. The minimum absolute atomic E-state index is 0.0214. The Bertz CT molecular complexity index is 1450. The zero-order chi connectivity index (χ0) is 28.2. The van der Waals surface area contributed by atoms with Crippen LogP contribution in [0.2, 0.25) is 0 Å². The van der Waals surface area contributed by atoms with Gasteiger partial charge in [0.05, 0.1) is 5.69 Å². The molecule has 6 rings (SSSR count). The van der Waals surface area contributed by atoms with Crippen molar-refractivity contribution < 1.29 is 9.59 Å². The Morgan fingerprint density at radius 2 is 1.73 bits per heavy atom. The van der Waals surface area contributed by atoms with Crippen molar-refractivity contribution >= 4 is 17.8 Å². The number of nitrogens with zero attached hydrogens (tertiary/aromatic N) is 6. The highest BCUT2D eigenvalue weighted by molar-refractivity contribution is 5.80. The largest absolute Gasteiger partial charge is 0.353 e. The zero-order valence-corrected chi connectivity index (χ0v) is 23.5. The maximum atomic E-state index is 13.1. The van der Waals surface area contributed by atoms with Gasteiger partial charge in [-0.3, -0.25) is 15.0 Å². The first-order valence-electron chi connectivity index (χ1n) is 14.9. The fourth-order valence-corrected chi connectivity index (χ4v) is 6.40. The summed E-state index contributed by atoms with van der Waals surface area (Å²) in [5.74, 6) is 0.945. The topological polar surface area (TPSA) is 120 Å². The third-order valence-electron chi connectivity index (χ3n) is 8.65. The highest BCUT2D eigenvalue weighted by Gasteiger charge is 2.34. The van der Waals surface area contributed by atoms with Gasteiger partial charge in [0, 0.05) is 69.1 Å². The summed E-state index contributed by atoms with van der Waals surface area (Å²) in [6, 6.07) is 12.2. The van der Waals surface area contributed by atoms with Crippen LogP contribution in [0.3, 0.4) is 0 Å². The highest BCUT2D eigenvalue weighted by atomic mass is 16.2. The van der Waals surface area contributed by atoms with E-state index in [1.807, 2.05) is 17.0 Å². The second-order valence-corrected chi connectivity index (χ2v) is 11.4. The maximum Gasteiger partial charge on any atom is 0.225 e. The lowest BCUT2D eigenvalue weighted by atomic mass is 9.89. The van der Waals surface area contributed by atoms with Gasteiger partial charge in [0.25, 0.3) is 0 Å². The minimum atomic E-state index is -0.0214. The Morgan fingerprint density at radius 3 is 2.56 bits per heavy atom. The van der Waals surface area contributed by atoms with Crippen LogP contribution in [0.1, 0.15) is 49.7 Å². The lowest BCUT2D eigenvalue weighted by Crippen LogP contribution is -2.50. The van der Waals surface area contributed by atoms with Crippen molar-refractivity contribution in [3.05, 3.63) is 65.4 Å². The third kappa shape index (κ3) is 6.16. The second-order valence-electron chi connectivity index (χ2n) is 11.4. The quantitative estimate of drug-likeness (QED) is 0.413. The van der Waals surface area contributed by atoms with Crippen LogP contribution in [0.5, 0.6) is 0 Å². The Labute approximate surface area is 240 Å². The van der Waals surface area contributed by atoms with Crippen LogP contribution in [-0.2, 0) is 29.0 Å². The average molecular weight is 555 g/mol. The molecule has 1 aliphatic heterocycles. The van der Waals surface area contributed by atoms with Gasteiger partial charge in [-0.05, 0) is 68.2 Å². The molecule has 10 heteroatoms. The molecule has 2 N–H and O–H groups in total. The molecule has 2 aromatic heterocycles. The van der Waals surface area contributed by atoms with Gasteiger partial charge in [-0.15, -0.1) is 0 Å². The summed E-state index contributed by atoms with van der Waals surface area (Å²) in [4.78, 5) is 38.5. The van der Waals surface area contributed by atoms with E-state index in [1.54, 1.807) is 23.1 Å². The van der Waals surface area contributed by atoms with Crippen molar-refractivity contribution in [2.24, 2.45) is 5.92 Å². The number of aryl methyl sites for hydroxylation is 3. The molecule has 0 radical (unpaired) electrons. The Morgan fingerprint density at radius 1 is 0.951 bits per heavy atom. The van der Waals surface area contributed by atoms with E-state index in [4.69, 9.17) is 10.5 Å². The number of aromatic nitrogens is 4. The molecule has 0 spiro atoms. The minimum Gasteiger partial charge on any atom is -0.353 e. The van der Waals surface area contributed by atoms with Crippen molar-refractivity contribution in [3.63, 3.8) is 0 Å². The average Bonchev–Trinajstić information content (AvgIpc) is 3.48. The van der Waals surface area contributed by atoms with Crippen LogP contribution in [0, 0.1) is 11.3 Å². The van der Waals surface area contributed by atoms with Gasteiger partial charge in [-0.25, -0.2) is 14.6 Å². The number of benzene rings is 1. The molecule has 3 aliphatic rings. The van der Waals surface area contributed by atoms with E-state index in [2.05, 4.69) is 38.4 Å². The van der Waals surface area contributed by atoms with Gasteiger partial charge in [-0.2, -0.15) is 5.10 Å². The molecule has 2 aliphatic carbocycles. The number of rotatable bonds is 8. The Balaban J connectivity index is 0.926. The predicted octanol–water partition coefficient (Wildman–Crippen LogP) is 2.72. The number of piperazine rings is 1. The first-order chi connectivity index (χ1) is 20.0. The van der Waals surface area contributed by atoms with Gasteiger partial charge in [0.15, 0.2) is 0 Å². The molecule has 2 atom stereocenters. The fourth-order valence-electron chi connectivity index (χ4n) is 6.40. The van der Waals surface area contributed by atoms with E-state index < -0.39 is 0 Å². The van der Waals surface area contributed by atoms with Gasteiger partial charge in [0.2, 0.25) is 17.8 Å². The standard InChI is InChI=1S/C31H38N8O2/c32-27-21-23-10-9-22-6-1-2-7-26(22)29(23)36-39(27)15-4-3-8-28(40)35-25-12-11-24(20-25)30(41)37-16-18-38(19-17-37)31-33-13-5-14-34-31/h1-2,5-7,13-14,21,24-25,32H,3-4,8-12,15-20H2,(H,35,40)/t24-,25-/m0/s1. The maximum absolute atomic E-state index is 13.1. The Kier molecular flexibility index (Phi) is 8.07. The van der Waals surface area contributed by atoms with Gasteiger partial charge in [-0.1, -0.05) is 24.3 Å². The predicted molar refractivity (Wildman–Crippen MR) is 155 cm³/mol. The number of carbonyl (C=O) groups is 2. The monoisotopic (exact) mass is 554 g/mol. The Hall–Kier alpha value is -4.08. The number of carbonyl (C=O) groups excluding carboxylic acids is 2. The second kappa shape index (κ2) is 12.2. The van der Waals surface area contributed by atoms with E-state index in [9.17, 15) is 9.59 Å². The SMILES string of the molecule is N=c1cc2c(nn1CCCCC(=O)N[C@H]1CC[C@H](C(=O)N3CCN(c4ncccn4)CC3)C1)-c1ccccc1CC2. The van der Waals surface area contributed by atoms with E-state index in [-0.39, 0.29) is 23.8 Å². The number of hydrogen-bond donors (Lipinski definition) is 2.